The maximum atomic E-state index is 11.9. The number of aromatic nitrogens is 4. The summed E-state index contributed by atoms with van der Waals surface area (Å²) in [6.45, 7) is 2.12. The Morgan fingerprint density at radius 2 is 1.93 bits per heavy atom. The molecule has 1 heterocycles. The quantitative estimate of drug-likeness (QED) is 0.432. The summed E-state index contributed by atoms with van der Waals surface area (Å²) in [6.07, 6.45) is 0. The zero-order valence-electron chi connectivity index (χ0n) is 15.2. The number of amides is 1. The molecule has 2 aromatic rings. The fraction of sp³-hybridized carbons (Fsp3) is 0.400. The average molecular weight is 398 g/mol. The average Bonchev–Trinajstić information content (AvgIpc) is 3.01. The van der Waals surface area contributed by atoms with Gasteiger partial charge in [0.05, 0.1) is 12.4 Å². The van der Waals surface area contributed by atoms with Crippen LogP contribution in [0.1, 0.15) is 6.92 Å². The molecule has 2 rings (SSSR count). The Kier molecular flexibility index (Phi) is 9.79. The molecule has 0 saturated heterocycles. The Morgan fingerprint density at radius 1 is 1.30 bits per heavy atom. The van der Waals surface area contributed by atoms with Crippen LogP contribution < -0.4 is 10.1 Å². The van der Waals surface area contributed by atoms with Crippen LogP contribution >= 0.6 is 11.8 Å². The van der Waals surface area contributed by atoms with Gasteiger partial charge in [-0.25, -0.2) is 4.68 Å². The lowest BCUT2D eigenvalue weighted by Crippen LogP contribution is -2.16. The highest BCUT2D eigenvalue weighted by Crippen LogP contribution is 2.17. The van der Waals surface area contributed by atoms with Gasteiger partial charge < -0.3 is 20.4 Å². The van der Waals surface area contributed by atoms with Crippen LogP contribution in [0.2, 0.25) is 0 Å². The van der Waals surface area contributed by atoms with Crippen molar-refractivity contribution >= 4 is 29.3 Å². The van der Waals surface area contributed by atoms with Crippen LogP contribution in [0.15, 0.2) is 29.4 Å². The Bertz CT molecular complexity index is 719. The number of carbonyl (C=O) groups excluding carboxylic acids is 1. The lowest BCUT2D eigenvalue weighted by molar-refractivity contribution is -0.138. The normalized spacial score (nSPS) is 10.1. The monoisotopic (exact) mass is 398 g/mol. The van der Waals surface area contributed by atoms with E-state index < -0.39 is 5.97 Å². The standard InChI is InChI=1S/C13H15N5O4S.C2H7NO/c1-2-22-10-5-3-9(4-6-10)14-11(19)8-23-13-15-16-17-18(13)7-12(20)21;1-3(2)4/h3-6H,2,7-8H2,1H3,(H,14,19)(H,20,21);4H,1-2H3. The molecule has 0 fully saturated rings. The molecule has 148 valence electrons. The number of hydrogen-bond donors (Lipinski definition) is 3. The topological polar surface area (TPSA) is 143 Å². The fourth-order valence-corrected chi connectivity index (χ4v) is 2.33. The van der Waals surface area contributed by atoms with Gasteiger partial charge in [-0.1, -0.05) is 11.8 Å². The Labute approximate surface area is 160 Å². The van der Waals surface area contributed by atoms with E-state index in [1.54, 1.807) is 38.4 Å². The highest BCUT2D eigenvalue weighted by Gasteiger charge is 2.12. The molecule has 1 amide bonds. The number of carbonyl (C=O) groups is 2. The molecule has 0 spiro atoms. The second-order valence-electron chi connectivity index (χ2n) is 5.15. The summed E-state index contributed by atoms with van der Waals surface area (Å²) in [6, 6.07) is 7.00. The molecule has 12 heteroatoms. The minimum atomic E-state index is -1.06. The van der Waals surface area contributed by atoms with Crippen molar-refractivity contribution in [1.82, 2.24) is 25.3 Å². The van der Waals surface area contributed by atoms with E-state index in [1.165, 1.54) is 0 Å². The largest absolute Gasteiger partial charge is 0.494 e. The van der Waals surface area contributed by atoms with Crippen LogP contribution in [0.4, 0.5) is 5.69 Å². The predicted octanol–water partition coefficient (Wildman–Crippen LogP) is 0.824. The van der Waals surface area contributed by atoms with E-state index in [2.05, 4.69) is 20.8 Å². The van der Waals surface area contributed by atoms with Gasteiger partial charge in [-0.15, -0.1) is 5.10 Å². The van der Waals surface area contributed by atoms with Gasteiger partial charge in [0.15, 0.2) is 0 Å². The third-order valence-corrected chi connectivity index (χ3v) is 3.52. The zero-order valence-corrected chi connectivity index (χ0v) is 16.0. The molecule has 0 aliphatic carbocycles. The predicted molar refractivity (Wildman–Crippen MR) is 97.9 cm³/mol. The molecule has 0 aliphatic heterocycles. The molecule has 27 heavy (non-hydrogen) atoms. The number of benzene rings is 1. The summed E-state index contributed by atoms with van der Waals surface area (Å²) in [5.41, 5.74) is 0.643. The van der Waals surface area contributed by atoms with Crippen LogP contribution in [0, 0.1) is 0 Å². The van der Waals surface area contributed by atoms with Gasteiger partial charge in [-0.05, 0) is 41.6 Å². The summed E-state index contributed by atoms with van der Waals surface area (Å²) in [5, 5.41) is 31.2. The van der Waals surface area contributed by atoms with Gasteiger partial charge in [0.2, 0.25) is 11.1 Å². The van der Waals surface area contributed by atoms with E-state index in [-0.39, 0.29) is 23.4 Å². The van der Waals surface area contributed by atoms with Crippen LogP contribution in [-0.2, 0) is 16.1 Å². The zero-order chi connectivity index (χ0) is 20.2. The van der Waals surface area contributed by atoms with Crippen molar-refractivity contribution in [2.45, 2.75) is 18.6 Å². The summed E-state index contributed by atoms with van der Waals surface area (Å²) in [5.74, 6) is -0.512. The molecule has 0 aliphatic rings. The molecule has 0 saturated carbocycles. The van der Waals surface area contributed by atoms with Crippen LogP contribution in [0.5, 0.6) is 5.75 Å². The SMILES string of the molecule is CCOc1ccc(NC(=O)CSc2nnnn2CC(=O)O)cc1.CN(C)O. The first kappa shape index (κ1) is 22.3. The van der Waals surface area contributed by atoms with Gasteiger partial charge in [0.25, 0.3) is 0 Å². The number of carboxylic acid groups (broad SMARTS) is 1. The van der Waals surface area contributed by atoms with E-state index >= 15 is 0 Å². The van der Waals surface area contributed by atoms with Gasteiger partial charge >= 0.3 is 5.97 Å². The molecule has 0 unspecified atom stereocenters. The number of tetrazole rings is 1. The van der Waals surface area contributed by atoms with Crippen molar-refractivity contribution in [3.63, 3.8) is 0 Å². The van der Waals surface area contributed by atoms with E-state index in [9.17, 15) is 9.59 Å². The summed E-state index contributed by atoms with van der Waals surface area (Å²) < 4.78 is 6.44. The van der Waals surface area contributed by atoms with Gasteiger partial charge in [0.1, 0.15) is 12.3 Å². The fourth-order valence-electron chi connectivity index (χ4n) is 1.66. The van der Waals surface area contributed by atoms with Crippen molar-refractivity contribution in [3.8, 4) is 5.75 Å². The van der Waals surface area contributed by atoms with Crippen molar-refractivity contribution in [2.24, 2.45) is 0 Å². The van der Waals surface area contributed by atoms with Crippen molar-refractivity contribution < 1.29 is 24.6 Å². The molecular formula is C15H22N6O5S. The van der Waals surface area contributed by atoms with Crippen molar-refractivity contribution in [1.29, 1.82) is 0 Å². The van der Waals surface area contributed by atoms with Crippen molar-refractivity contribution in [3.05, 3.63) is 24.3 Å². The number of aliphatic carboxylic acids is 1. The summed E-state index contributed by atoms with van der Waals surface area (Å²) in [7, 11) is 3.11. The molecule has 0 bridgehead atoms. The number of nitrogens with one attached hydrogen (secondary N) is 1. The van der Waals surface area contributed by atoms with E-state index in [4.69, 9.17) is 15.1 Å². The Balaban J connectivity index is 0.000000828. The first-order valence-corrected chi connectivity index (χ1v) is 8.80. The first-order chi connectivity index (χ1) is 12.8. The van der Waals surface area contributed by atoms with Crippen LogP contribution in [0.3, 0.4) is 0 Å². The summed E-state index contributed by atoms with van der Waals surface area (Å²) >= 11 is 1.06. The smallest absolute Gasteiger partial charge is 0.325 e. The minimum absolute atomic E-state index is 0.0627. The van der Waals surface area contributed by atoms with Gasteiger partial charge in [-0.2, -0.15) is 5.06 Å². The van der Waals surface area contributed by atoms with E-state index in [0.717, 1.165) is 27.3 Å². The van der Waals surface area contributed by atoms with Gasteiger partial charge in [0, 0.05) is 19.8 Å². The first-order valence-electron chi connectivity index (χ1n) is 7.81. The second-order valence-corrected chi connectivity index (χ2v) is 6.10. The lowest BCUT2D eigenvalue weighted by atomic mass is 10.3. The maximum Gasteiger partial charge on any atom is 0.325 e. The number of nitrogens with zero attached hydrogens (tertiary/aromatic N) is 5. The third kappa shape index (κ3) is 9.53. The molecule has 11 nitrogen and oxygen atoms in total. The Morgan fingerprint density at radius 3 is 2.48 bits per heavy atom. The Hall–Kier alpha value is -2.70. The maximum absolute atomic E-state index is 11.9. The number of hydrogen-bond acceptors (Lipinski definition) is 9. The molecule has 0 radical (unpaired) electrons. The molecule has 0 atom stereocenters. The highest BCUT2D eigenvalue weighted by atomic mass is 32.2. The third-order valence-electron chi connectivity index (χ3n) is 2.57. The summed E-state index contributed by atoms with van der Waals surface area (Å²) in [4.78, 5) is 22.6. The number of ether oxygens (including phenoxy) is 1. The number of thioether (sulfide) groups is 1. The molecule has 3 N–H and O–H groups in total. The van der Waals surface area contributed by atoms with Crippen LogP contribution in [0.25, 0.3) is 0 Å². The van der Waals surface area contributed by atoms with E-state index in [1.807, 2.05) is 6.92 Å². The lowest BCUT2D eigenvalue weighted by Gasteiger charge is -2.07. The van der Waals surface area contributed by atoms with Gasteiger partial charge in [-0.3, -0.25) is 9.59 Å². The number of hydroxylamine groups is 2. The van der Waals surface area contributed by atoms with E-state index in [0.29, 0.717) is 12.3 Å². The number of anilines is 1. The second kappa shape index (κ2) is 11.8. The molecular weight excluding hydrogens is 376 g/mol. The highest BCUT2D eigenvalue weighted by molar-refractivity contribution is 7.99. The number of carboxylic acids is 1. The number of rotatable bonds is 8. The van der Waals surface area contributed by atoms with Crippen molar-refractivity contribution in [2.75, 3.05) is 31.8 Å². The minimum Gasteiger partial charge on any atom is -0.494 e. The van der Waals surface area contributed by atoms with Crippen LogP contribution in [-0.4, -0.2) is 73.9 Å². The molecule has 1 aromatic carbocycles. The molecule has 1 aromatic heterocycles.